The van der Waals surface area contributed by atoms with E-state index < -0.39 is 0 Å². The maximum atomic E-state index is 10.7. The molecule has 0 radical (unpaired) electrons. The number of aromatic nitrogens is 2. The van der Waals surface area contributed by atoms with E-state index in [-0.39, 0.29) is 17.0 Å². The summed E-state index contributed by atoms with van der Waals surface area (Å²) in [6.07, 6.45) is 0. The van der Waals surface area contributed by atoms with Crippen LogP contribution in [-0.4, -0.2) is 15.3 Å². The van der Waals surface area contributed by atoms with E-state index in [1.807, 2.05) is 64.1 Å². The fourth-order valence-electron chi connectivity index (χ4n) is 2.80. The number of phenols is 1. The summed E-state index contributed by atoms with van der Waals surface area (Å²) in [7, 11) is 0. The van der Waals surface area contributed by atoms with E-state index >= 15 is 0 Å². The van der Waals surface area contributed by atoms with Crippen LogP contribution in [0.1, 0.15) is 32.0 Å². The molecule has 27 heavy (non-hydrogen) atoms. The molecule has 0 spiro atoms. The van der Waals surface area contributed by atoms with E-state index in [1.54, 1.807) is 6.07 Å². The number of rotatable bonds is 3. The van der Waals surface area contributed by atoms with Crippen LogP contribution in [0.25, 0.3) is 16.0 Å². The predicted molar refractivity (Wildman–Crippen MR) is 106 cm³/mol. The molecule has 3 rings (SSSR count). The molecular weight excluding hydrogens is 338 g/mol. The zero-order chi connectivity index (χ0) is 19.6. The van der Waals surface area contributed by atoms with Gasteiger partial charge in [0.05, 0.1) is 12.3 Å². The van der Waals surface area contributed by atoms with Crippen molar-refractivity contribution in [2.24, 2.45) is 10.2 Å². The molecule has 0 atom stereocenters. The maximum absolute atomic E-state index is 10.7. The molecule has 0 fully saturated rings. The Labute approximate surface area is 158 Å². The monoisotopic (exact) mass is 359 g/mol. The van der Waals surface area contributed by atoms with Gasteiger partial charge in [-0.25, -0.2) is 4.85 Å². The van der Waals surface area contributed by atoms with E-state index in [4.69, 9.17) is 6.57 Å². The van der Waals surface area contributed by atoms with E-state index in [0.29, 0.717) is 22.6 Å². The van der Waals surface area contributed by atoms with E-state index in [0.717, 1.165) is 11.1 Å². The number of benzene rings is 2. The Hall–Kier alpha value is -3.46. The van der Waals surface area contributed by atoms with Crippen LogP contribution in [0.4, 0.5) is 17.2 Å². The summed E-state index contributed by atoms with van der Waals surface area (Å²) in [6, 6.07) is 13.3. The van der Waals surface area contributed by atoms with Gasteiger partial charge >= 0.3 is 0 Å². The van der Waals surface area contributed by atoms with Crippen molar-refractivity contribution in [1.82, 2.24) is 10.2 Å². The molecular formula is C21H21N5O. The number of aromatic hydroxyl groups is 1. The van der Waals surface area contributed by atoms with Crippen molar-refractivity contribution in [3.63, 3.8) is 0 Å². The second-order valence-corrected chi connectivity index (χ2v) is 7.38. The summed E-state index contributed by atoms with van der Waals surface area (Å²) in [4.78, 5) is 3.55. The highest BCUT2D eigenvalue weighted by Crippen LogP contribution is 2.41. The molecule has 0 aliphatic heterocycles. The van der Waals surface area contributed by atoms with Crippen LogP contribution in [0, 0.1) is 13.5 Å². The molecule has 1 heterocycles. The third-order valence-corrected chi connectivity index (χ3v) is 4.12. The van der Waals surface area contributed by atoms with Gasteiger partial charge in [0.15, 0.2) is 11.6 Å². The van der Waals surface area contributed by atoms with Gasteiger partial charge < -0.3 is 5.11 Å². The first-order valence-electron chi connectivity index (χ1n) is 8.58. The van der Waals surface area contributed by atoms with Gasteiger partial charge in [0, 0.05) is 5.56 Å². The van der Waals surface area contributed by atoms with Crippen molar-refractivity contribution in [3.05, 3.63) is 65.1 Å². The van der Waals surface area contributed by atoms with Crippen LogP contribution < -0.4 is 0 Å². The molecule has 2 N–H and O–H groups in total. The first-order valence-corrected chi connectivity index (χ1v) is 8.58. The molecule has 0 aliphatic carbocycles. The third kappa shape index (κ3) is 3.72. The largest absolute Gasteiger partial charge is 0.505 e. The number of azo groups is 1. The van der Waals surface area contributed by atoms with Gasteiger partial charge in [-0.15, -0.1) is 10.2 Å². The lowest BCUT2D eigenvalue weighted by atomic mass is 9.91. The summed E-state index contributed by atoms with van der Waals surface area (Å²) >= 11 is 0. The van der Waals surface area contributed by atoms with Crippen LogP contribution in [0.5, 0.6) is 5.75 Å². The fraction of sp³-hybridized carbons (Fsp3) is 0.238. The number of nitrogens with zero attached hydrogens (tertiary/aromatic N) is 4. The number of H-pyrrole nitrogens is 1. The average Bonchev–Trinajstić information content (AvgIpc) is 3.06. The van der Waals surface area contributed by atoms with Gasteiger partial charge in [0.1, 0.15) is 5.69 Å². The lowest BCUT2D eigenvalue weighted by molar-refractivity contribution is 0.478. The first kappa shape index (κ1) is 18.3. The van der Waals surface area contributed by atoms with Gasteiger partial charge in [-0.1, -0.05) is 51.1 Å². The summed E-state index contributed by atoms with van der Waals surface area (Å²) in [5.74, 6) is 0.340. The number of aryl methyl sites for hydroxylation is 1. The first-order chi connectivity index (χ1) is 12.8. The number of nitrogens with one attached hydrogen (secondary N) is 1. The van der Waals surface area contributed by atoms with Gasteiger partial charge in [-0.3, -0.25) is 5.10 Å². The average molecular weight is 359 g/mol. The number of hydrogen-bond acceptors (Lipinski definition) is 4. The lowest BCUT2D eigenvalue weighted by Crippen LogP contribution is -2.11. The van der Waals surface area contributed by atoms with Gasteiger partial charge in [-0.05, 0) is 35.6 Å². The fourth-order valence-corrected chi connectivity index (χ4v) is 2.80. The third-order valence-electron chi connectivity index (χ3n) is 4.12. The number of hydrogen-bond donors (Lipinski definition) is 2. The molecule has 6 nitrogen and oxygen atoms in total. The van der Waals surface area contributed by atoms with Crippen LogP contribution in [0.2, 0.25) is 0 Å². The van der Waals surface area contributed by atoms with E-state index in [2.05, 4.69) is 25.3 Å². The maximum Gasteiger partial charge on any atom is 0.255 e. The van der Waals surface area contributed by atoms with Crippen LogP contribution in [0.3, 0.4) is 0 Å². The van der Waals surface area contributed by atoms with E-state index in [1.165, 1.54) is 0 Å². The quantitative estimate of drug-likeness (QED) is 0.422. The summed E-state index contributed by atoms with van der Waals surface area (Å²) in [6.45, 7) is 15.3. The zero-order valence-electron chi connectivity index (χ0n) is 15.8. The van der Waals surface area contributed by atoms with Gasteiger partial charge in [0.25, 0.3) is 5.69 Å². The summed E-state index contributed by atoms with van der Waals surface area (Å²) in [5.41, 5.74) is 3.59. The minimum Gasteiger partial charge on any atom is -0.505 e. The molecule has 0 unspecified atom stereocenters. The topological polar surface area (TPSA) is 78.0 Å². The highest BCUT2D eigenvalue weighted by atomic mass is 16.3. The van der Waals surface area contributed by atoms with Gasteiger partial charge in [0.2, 0.25) is 0 Å². The lowest BCUT2D eigenvalue weighted by Gasteiger charge is -2.15. The normalized spacial score (nSPS) is 11.7. The highest BCUT2D eigenvalue weighted by molar-refractivity contribution is 5.77. The summed E-state index contributed by atoms with van der Waals surface area (Å²) < 4.78 is 0. The smallest absolute Gasteiger partial charge is 0.255 e. The molecule has 1 aromatic heterocycles. The van der Waals surface area contributed by atoms with Crippen molar-refractivity contribution < 1.29 is 5.11 Å². The minimum atomic E-state index is -0.282. The van der Waals surface area contributed by atoms with Crippen molar-refractivity contribution in [2.45, 2.75) is 33.1 Å². The summed E-state index contributed by atoms with van der Waals surface area (Å²) in [5, 5.41) is 26.0. The molecule has 0 saturated carbocycles. The molecule has 6 heteroatoms. The molecule has 0 saturated heterocycles. The molecule has 2 aromatic carbocycles. The molecule has 0 amide bonds. The van der Waals surface area contributed by atoms with E-state index in [9.17, 15) is 5.11 Å². The minimum absolute atomic E-state index is 0.0514. The Morgan fingerprint density at radius 3 is 2.44 bits per heavy atom. The van der Waals surface area contributed by atoms with Crippen molar-refractivity contribution >= 4 is 17.2 Å². The van der Waals surface area contributed by atoms with Crippen LogP contribution in [-0.2, 0) is 5.41 Å². The SMILES string of the molecule is [C-]#[N+]c1c(C(C)(C)C)n[nH]c1/N=N/c1cc(C)cc(-c2ccccc2)c1O. The molecule has 0 aliphatic rings. The predicted octanol–water partition coefficient (Wildman–Crippen LogP) is 6.35. The second-order valence-electron chi connectivity index (χ2n) is 7.38. The number of aromatic amines is 1. The zero-order valence-corrected chi connectivity index (χ0v) is 15.8. The Kier molecular flexibility index (Phi) is 4.78. The van der Waals surface area contributed by atoms with Gasteiger partial charge in [-0.2, -0.15) is 5.10 Å². The Morgan fingerprint density at radius 2 is 1.81 bits per heavy atom. The highest BCUT2D eigenvalue weighted by Gasteiger charge is 2.24. The Morgan fingerprint density at radius 1 is 1.11 bits per heavy atom. The standard InChI is InChI=1S/C21H21N5O/c1-13-11-15(14-9-7-6-8-10-14)18(27)16(12-13)23-25-20-17(22-5)19(24-26-20)21(2,3)4/h6-12,27H,1-4H3,(H,24,26)/b25-23+. The van der Waals surface area contributed by atoms with Crippen LogP contribution >= 0.6 is 0 Å². The van der Waals surface area contributed by atoms with Crippen molar-refractivity contribution in [1.29, 1.82) is 0 Å². The Balaban J connectivity index is 2.04. The second kappa shape index (κ2) is 7.04. The number of phenolic OH excluding ortho intramolecular Hbond substituents is 1. The van der Waals surface area contributed by atoms with Crippen molar-refractivity contribution in [3.8, 4) is 16.9 Å². The molecule has 0 bridgehead atoms. The Bertz CT molecular complexity index is 1040. The molecule has 3 aromatic rings. The van der Waals surface area contributed by atoms with Crippen LogP contribution in [0.15, 0.2) is 52.7 Å². The van der Waals surface area contributed by atoms with Crippen molar-refractivity contribution in [2.75, 3.05) is 0 Å². The molecule has 136 valence electrons.